The maximum Gasteiger partial charge on any atom is 0.233 e. The van der Waals surface area contributed by atoms with Crippen LogP contribution in [0, 0.1) is 23.7 Å². The predicted octanol–water partition coefficient (Wildman–Crippen LogP) is 1.99. The number of aliphatic imine (C=N–C) groups is 1. The molecule has 0 spiro atoms. The maximum atomic E-state index is 12.6. The summed E-state index contributed by atoms with van der Waals surface area (Å²) in [6, 6.07) is 0. The van der Waals surface area contributed by atoms with E-state index >= 15 is 0 Å². The number of guanidine groups is 1. The molecule has 0 aromatic carbocycles. The number of carbonyl (C=O) groups is 2. The van der Waals surface area contributed by atoms with E-state index in [1.807, 2.05) is 0 Å². The number of imide groups is 1. The maximum absolute atomic E-state index is 12.6. The fraction of sp³-hybridized carbons (Fsp3) is 0.737. The third kappa shape index (κ3) is 3.51. The highest BCUT2D eigenvalue weighted by Crippen LogP contribution is 2.52. The van der Waals surface area contributed by atoms with Crippen molar-refractivity contribution in [2.45, 2.75) is 38.5 Å². The molecule has 2 aliphatic carbocycles. The number of likely N-dealkylation sites (tertiary alicyclic amines) is 2. The Kier molecular flexibility index (Phi) is 6.25. The first-order chi connectivity index (χ1) is 12.2. The highest BCUT2D eigenvalue weighted by molar-refractivity contribution is 14.0. The van der Waals surface area contributed by atoms with Crippen molar-refractivity contribution in [2.75, 3.05) is 26.2 Å². The topological polar surface area (TPSA) is 79.0 Å². The Bertz CT molecular complexity index is 583. The minimum atomic E-state index is -0.0897. The van der Waals surface area contributed by atoms with E-state index in [2.05, 4.69) is 22.0 Å². The van der Waals surface area contributed by atoms with Gasteiger partial charge in [-0.15, -0.1) is 24.0 Å². The number of fused-ring (bicyclic) bond motifs is 5. The second-order valence-electron chi connectivity index (χ2n) is 7.82. The lowest BCUT2D eigenvalue weighted by Crippen LogP contribution is -2.38. The predicted molar refractivity (Wildman–Crippen MR) is 111 cm³/mol. The molecule has 4 aliphatic rings. The Hall–Kier alpha value is -1.12. The van der Waals surface area contributed by atoms with Crippen LogP contribution in [-0.2, 0) is 9.59 Å². The van der Waals surface area contributed by atoms with E-state index in [0.717, 1.165) is 19.5 Å². The fourth-order valence-corrected chi connectivity index (χ4v) is 5.01. The number of halogens is 1. The van der Waals surface area contributed by atoms with E-state index in [1.165, 1.54) is 30.6 Å². The molecule has 2 heterocycles. The van der Waals surface area contributed by atoms with Gasteiger partial charge < -0.3 is 10.6 Å². The summed E-state index contributed by atoms with van der Waals surface area (Å²) in [6.07, 6.45) is 10.8. The van der Waals surface area contributed by atoms with Crippen molar-refractivity contribution < 1.29 is 9.59 Å². The van der Waals surface area contributed by atoms with Gasteiger partial charge in [-0.05, 0) is 37.5 Å². The van der Waals surface area contributed by atoms with Crippen molar-refractivity contribution >= 4 is 41.8 Å². The van der Waals surface area contributed by atoms with Gasteiger partial charge in [0.1, 0.15) is 0 Å². The van der Waals surface area contributed by atoms with Crippen LogP contribution in [-0.4, -0.2) is 53.8 Å². The van der Waals surface area contributed by atoms with Crippen LogP contribution in [0.3, 0.4) is 0 Å². The van der Waals surface area contributed by atoms with Gasteiger partial charge in [0.2, 0.25) is 11.8 Å². The summed E-state index contributed by atoms with van der Waals surface area (Å²) < 4.78 is 0. The molecule has 2 bridgehead atoms. The monoisotopic (exact) mass is 472 g/mol. The van der Waals surface area contributed by atoms with Crippen molar-refractivity contribution in [2.24, 2.45) is 34.4 Å². The zero-order valence-electron chi connectivity index (χ0n) is 15.2. The van der Waals surface area contributed by atoms with Gasteiger partial charge in [-0.2, -0.15) is 0 Å². The van der Waals surface area contributed by atoms with Crippen molar-refractivity contribution in [3.63, 3.8) is 0 Å². The summed E-state index contributed by atoms with van der Waals surface area (Å²) in [5, 5.41) is 0. The lowest BCUT2D eigenvalue weighted by Gasteiger charge is -2.21. The summed E-state index contributed by atoms with van der Waals surface area (Å²) in [5.41, 5.74) is 6.11. The molecule has 3 fully saturated rings. The number of nitrogens with zero attached hydrogens (tertiary/aromatic N) is 3. The van der Waals surface area contributed by atoms with Crippen molar-refractivity contribution in [1.29, 1.82) is 0 Å². The Morgan fingerprint density at radius 2 is 1.62 bits per heavy atom. The highest BCUT2D eigenvalue weighted by Gasteiger charge is 2.58. The third-order valence-electron chi connectivity index (χ3n) is 6.31. The Morgan fingerprint density at radius 3 is 2.19 bits per heavy atom. The van der Waals surface area contributed by atoms with Gasteiger partial charge >= 0.3 is 0 Å². The van der Waals surface area contributed by atoms with Gasteiger partial charge in [0, 0.05) is 26.2 Å². The normalized spacial score (nSPS) is 33.5. The van der Waals surface area contributed by atoms with Crippen molar-refractivity contribution in [3.8, 4) is 0 Å². The molecule has 4 rings (SSSR count). The minimum absolute atomic E-state index is 0. The first kappa shape index (κ1) is 19.6. The van der Waals surface area contributed by atoms with E-state index in [4.69, 9.17) is 5.73 Å². The van der Waals surface area contributed by atoms with E-state index in [-0.39, 0.29) is 59.5 Å². The van der Waals surface area contributed by atoms with Crippen LogP contribution in [0.25, 0.3) is 0 Å². The standard InChI is InChI=1S/C19H28N4O2.HI/c20-19(22-9-3-1-2-4-10-22)21-8-5-11-23-17(24)15-13-6-7-14(12-13)16(15)18(23)25;/h6-7,13-16H,1-5,8-12H2,(H2,20,21);1H. The minimum Gasteiger partial charge on any atom is -0.370 e. The summed E-state index contributed by atoms with van der Waals surface area (Å²) in [5.74, 6) is 1.08. The molecule has 2 N–H and O–H groups in total. The molecular weight excluding hydrogens is 443 g/mol. The van der Waals surface area contributed by atoms with Gasteiger partial charge in [0.15, 0.2) is 5.96 Å². The second-order valence-corrected chi connectivity index (χ2v) is 7.82. The van der Waals surface area contributed by atoms with Crippen LogP contribution < -0.4 is 5.73 Å². The van der Waals surface area contributed by atoms with E-state index < -0.39 is 0 Å². The SMILES string of the molecule is I.NC(=NCCCN1C(=O)C2C3C=CC(C3)C2C1=O)N1CCCCCC1. The first-order valence-electron chi connectivity index (χ1n) is 9.75. The average Bonchev–Trinajstić information content (AvgIpc) is 3.20. The van der Waals surface area contributed by atoms with Crippen LogP contribution in [0.4, 0.5) is 0 Å². The molecule has 2 saturated heterocycles. The number of hydrogen-bond acceptors (Lipinski definition) is 3. The van der Waals surface area contributed by atoms with Gasteiger partial charge in [-0.25, -0.2) is 0 Å². The number of amides is 2. The molecule has 0 radical (unpaired) electrons. The number of carbonyl (C=O) groups excluding carboxylic acids is 2. The molecule has 4 atom stereocenters. The summed E-state index contributed by atoms with van der Waals surface area (Å²) >= 11 is 0. The zero-order chi connectivity index (χ0) is 17.4. The molecule has 26 heavy (non-hydrogen) atoms. The van der Waals surface area contributed by atoms with Crippen LogP contribution in [0.5, 0.6) is 0 Å². The Labute approximate surface area is 172 Å². The zero-order valence-corrected chi connectivity index (χ0v) is 17.5. The molecule has 4 unspecified atom stereocenters. The molecule has 0 aromatic heterocycles. The lowest BCUT2D eigenvalue weighted by molar-refractivity contribution is -0.140. The summed E-state index contributed by atoms with van der Waals surface area (Å²) in [6.45, 7) is 3.01. The van der Waals surface area contributed by atoms with E-state index in [1.54, 1.807) is 0 Å². The average molecular weight is 472 g/mol. The van der Waals surface area contributed by atoms with Gasteiger partial charge in [-0.1, -0.05) is 25.0 Å². The van der Waals surface area contributed by atoms with Gasteiger partial charge in [0.05, 0.1) is 11.8 Å². The van der Waals surface area contributed by atoms with Crippen molar-refractivity contribution in [3.05, 3.63) is 12.2 Å². The van der Waals surface area contributed by atoms with Crippen LogP contribution in [0.15, 0.2) is 17.1 Å². The smallest absolute Gasteiger partial charge is 0.233 e. The second kappa shape index (κ2) is 8.27. The van der Waals surface area contributed by atoms with Crippen LogP contribution in [0.2, 0.25) is 0 Å². The molecular formula is C19H29IN4O2. The molecule has 1 saturated carbocycles. The van der Waals surface area contributed by atoms with Crippen molar-refractivity contribution in [1.82, 2.24) is 9.80 Å². The molecule has 144 valence electrons. The summed E-state index contributed by atoms with van der Waals surface area (Å²) in [7, 11) is 0. The molecule has 2 aliphatic heterocycles. The largest absolute Gasteiger partial charge is 0.370 e. The fourth-order valence-electron chi connectivity index (χ4n) is 5.01. The highest BCUT2D eigenvalue weighted by atomic mass is 127. The van der Waals surface area contributed by atoms with Gasteiger partial charge in [0.25, 0.3) is 0 Å². The number of hydrogen-bond donors (Lipinski definition) is 1. The van der Waals surface area contributed by atoms with E-state index in [0.29, 0.717) is 25.5 Å². The summed E-state index contributed by atoms with van der Waals surface area (Å²) in [4.78, 5) is 33.3. The number of nitrogens with two attached hydrogens (primary N) is 1. The third-order valence-corrected chi connectivity index (χ3v) is 6.31. The molecule has 6 nitrogen and oxygen atoms in total. The molecule has 0 aromatic rings. The van der Waals surface area contributed by atoms with Crippen LogP contribution >= 0.6 is 24.0 Å². The Morgan fingerprint density at radius 1 is 1.04 bits per heavy atom. The number of allylic oxidation sites excluding steroid dienone is 2. The van der Waals surface area contributed by atoms with E-state index in [9.17, 15) is 9.59 Å². The number of rotatable bonds is 4. The Balaban J connectivity index is 0.00000196. The molecule has 7 heteroatoms. The van der Waals surface area contributed by atoms with Gasteiger partial charge in [-0.3, -0.25) is 19.5 Å². The quantitative estimate of drug-likeness (QED) is 0.170. The lowest BCUT2D eigenvalue weighted by atomic mass is 9.85. The van der Waals surface area contributed by atoms with Crippen LogP contribution in [0.1, 0.15) is 38.5 Å². The first-order valence-corrected chi connectivity index (χ1v) is 9.75. The molecule has 2 amide bonds.